The molecule has 2 rings (SSSR count). The molecule has 6 N–H and O–H groups in total. The van der Waals surface area contributed by atoms with Gasteiger partial charge < -0.3 is 25.7 Å². The maximum Gasteiger partial charge on any atom is 0.348 e. The van der Waals surface area contributed by atoms with Gasteiger partial charge in [0.15, 0.2) is 0 Å². The molecule has 1 aromatic heterocycles. The number of nitrogens with one attached hydrogen (secondary N) is 2. The second-order valence-corrected chi connectivity index (χ2v) is 4.63. The molecule has 9 nitrogen and oxygen atoms in total. The predicted molar refractivity (Wildman–Crippen MR) is 79.9 cm³/mol. The summed E-state index contributed by atoms with van der Waals surface area (Å²) in [4.78, 5) is 30.5. The molecule has 0 saturated carbocycles. The van der Waals surface area contributed by atoms with Gasteiger partial charge in [0, 0.05) is 30.2 Å². The summed E-state index contributed by atoms with van der Waals surface area (Å²) in [7, 11) is 0. The number of aliphatic carboxylic acids is 2. The van der Waals surface area contributed by atoms with Crippen molar-refractivity contribution in [1.82, 2.24) is 10.5 Å². The van der Waals surface area contributed by atoms with Crippen molar-refractivity contribution in [2.24, 2.45) is 5.73 Å². The Balaban J connectivity index is 2.22. The minimum absolute atomic E-state index is 0.170. The molecule has 2 aromatic rings. The Kier molecular flexibility index (Phi) is 5.52. The number of hydrogen-bond acceptors (Lipinski definition) is 6. The van der Waals surface area contributed by atoms with Crippen LogP contribution in [0.3, 0.4) is 0 Å². The van der Waals surface area contributed by atoms with Gasteiger partial charge in [-0.1, -0.05) is 12.1 Å². The minimum atomic E-state index is -1.74. The standard InChI is InChI=1S/C14H17N3O6/c15-5-6-17-23-12(14(20)21)11(13(18)19)22-10-7-16-9-4-2-1-3-8(9)10/h1-4,7,11-12,16-17H,5-6,15H2,(H,18,19)(H,20,21). The second kappa shape index (κ2) is 7.58. The Hall–Kier alpha value is -2.62. The Bertz CT molecular complexity index is 686. The Morgan fingerprint density at radius 1 is 1.22 bits per heavy atom. The Labute approximate surface area is 130 Å². The predicted octanol–water partition coefficient (Wildman–Crippen LogP) is -0.0670. The lowest BCUT2D eigenvalue weighted by atomic mass is 10.2. The lowest BCUT2D eigenvalue weighted by molar-refractivity contribution is -0.175. The summed E-state index contributed by atoms with van der Waals surface area (Å²) in [6.45, 7) is 0.372. The summed E-state index contributed by atoms with van der Waals surface area (Å²) in [5.74, 6) is -2.71. The van der Waals surface area contributed by atoms with Crippen LogP contribution in [0, 0.1) is 0 Å². The van der Waals surface area contributed by atoms with Gasteiger partial charge in [0.25, 0.3) is 0 Å². The molecule has 0 spiro atoms. The highest BCUT2D eigenvalue weighted by molar-refractivity contribution is 5.88. The molecule has 124 valence electrons. The van der Waals surface area contributed by atoms with Crippen molar-refractivity contribution in [3.63, 3.8) is 0 Å². The number of fused-ring (bicyclic) bond motifs is 1. The molecule has 0 aliphatic carbocycles. The molecule has 23 heavy (non-hydrogen) atoms. The van der Waals surface area contributed by atoms with E-state index >= 15 is 0 Å². The number of hydrogen-bond donors (Lipinski definition) is 5. The fraction of sp³-hybridized carbons (Fsp3) is 0.286. The number of H-pyrrole nitrogens is 1. The van der Waals surface area contributed by atoms with Crippen LogP contribution in [0.5, 0.6) is 5.75 Å². The van der Waals surface area contributed by atoms with E-state index in [0.717, 1.165) is 5.52 Å². The Morgan fingerprint density at radius 3 is 2.57 bits per heavy atom. The van der Waals surface area contributed by atoms with Gasteiger partial charge in [-0.25, -0.2) is 15.1 Å². The third-order valence-electron chi connectivity index (χ3n) is 3.02. The first-order chi connectivity index (χ1) is 11.0. The SMILES string of the molecule is NCCNOC(C(=O)O)C(Oc1c[nH]c2ccccc12)C(=O)O. The van der Waals surface area contributed by atoms with Gasteiger partial charge in [0.05, 0.1) is 0 Å². The van der Waals surface area contributed by atoms with Crippen LogP contribution < -0.4 is 16.0 Å². The first-order valence-corrected chi connectivity index (χ1v) is 6.81. The molecule has 0 fully saturated rings. The van der Waals surface area contributed by atoms with E-state index in [4.69, 9.17) is 15.3 Å². The van der Waals surface area contributed by atoms with E-state index in [0.29, 0.717) is 5.39 Å². The molecular formula is C14H17N3O6. The van der Waals surface area contributed by atoms with Crippen LogP contribution in [-0.2, 0) is 14.4 Å². The molecule has 1 heterocycles. The minimum Gasteiger partial charge on any atom is -0.479 e. The lowest BCUT2D eigenvalue weighted by Crippen LogP contribution is -2.48. The van der Waals surface area contributed by atoms with Crippen molar-refractivity contribution in [3.8, 4) is 5.75 Å². The zero-order valence-corrected chi connectivity index (χ0v) is 12.1. The molecule has 2 unspecified atom stereocenters. The van der Waals surface area contributed by atoms with E-state index in [1.54, 1.807) is 24.3 Å². The number of nitrogens with two attached hydrogens (primary N) is 1. The fourth-order valence-corrected chi connectivity index (χ4v) is 1.97. The van der Waals surface area contributed by atoms with Crippen LogP contribution in [0.25, 0.3) is 10.9 Å². The maximum absolute atomic E-state index is 11.4. The molecule has 0 radical (unpaired) electrons. The highest BCUT2D eigenvalue weighted by Crippen LogP contribution is 2.26. The normalized spacial score (nSPS) is 13.6. The number of carboxylic acid groups (broad SMARTS) is 2. The number of carbonyl (C=O) groups is 2. The van der Waals surface area contributed by atoms with Crippen LogP contribution >= 0.6 is 0 Å². The number of ether oxygens (including phenoxy) is 1. The number of carboxylic acids is 2. The van der Waals surface area contributed by atoms with Gasteiger partial charge in [0.1, 0.15) is 5.75 Å². The first-order valence-electron chi connectivity index (χ1n) is 6.81. The van der Waals surface area contributed by atoms with Crippen molar-refractivity contribution in [2.75, 3.05) is 13.1 Å². The molecule has 0 bridgehead atoms. The lowest BCUT2D eigenvalue weighted by Gasteiger charge is -2.21. The average molecular weight is 323 g/mol. The van der Waals surface area contributed by atoms with Crippen molar-refractivity contribution < 1.29 is 29.4 Å². The van der Waals surface area contributed by atoms with Gasteiger partial charge in [-0.2, -0.15) is 0 Å². The maximum atomic E-state index is 11.4. The van der Waals surface area contributed by atoms with Crippen molar-refractivity contribution in [3.05, 3.63) is 30.5 Å². The van der Waals surface area contributed by atoms with Gasteiger partial charge in [-0.15, -0.1) is 0 Å². The molecule has 0 amide bonds. The van der Waals surface area contributed by atoms with E-state index in [9.17, 15) is 19.8 Å². The third kappa shape index (κ3) is 3.97. The average Bonchev–Trinajstić information content (AvgIpc) is 2.92. The van der Waals surface area contributed by atoms with E-state index in [1.165, 1.54) is 6.20 Å². The van der Waals surface area contributed by atoms with Crippen LogP contribution in [-0.4, -0.2) is 52.4 Å². The largest absolute Gasteiger partial charge is 0.479 e. The van der Waals surface area contributed by atoms with E-state index < -0.39 is 24.1 Å². The van der Waals surface area contributed by atoms with Gasteiger partial charge in [0.2, 0.25) is 12.2 Å². The summed E-state index contributed by atoms with van der Waals surface area (Å²) < 4.78 is 5.38. The highest BCUT2D eigenvalue weighted by atomic mass is 16.7. The monoisotopic (exact) mass is 323 g/mol. The van der Waals surface area contributed by atoms with E-state index in [2.05, 4.69) is 10.5 Å². The van der Waals surface area contributed by atoms with E-state index in [-0.39, 0.29) is 18.8 Å². The zero-order valence-electron chi connectivity index (χ0n) is 12.1. The van der Waals surface area contributed by atoms with Crippen LogP contribution in [0.1, 0.15) is 0 Å². The van der Waals surface area contributed by atoms with Crippen LogP contribution in [0.2, 0.25) is 0 Å². The zero-order chi connectivity index (χ0) is 16.8. The van der Waals surface area contributed by atoms with Crippen molar-refractivity contribution in [2.45, 2.75) is 12.2 Å². The smallest absolute Gasteiger partial charge is 0.348 e. The van der Waals surface area contributed by atoms with Crippen LogP contribution in [0.15, 0.2) is 30.5 Å². The first kappa shape index (κ1) is 16.7. The highest BCUT2D eigenvalue weighted by Gasteiger charge is 2.38. The summed E-state index contributed by atoms with van der Waals surface area (Å²) in [6.07, 6.45) is -2.02. The molecular weight excluding hydrogens is 306 g/mol. The number of hydroxylamine groups is 1. The molecule has 0 aliphatic rings. The van der Waals surface area contributed by atoms with E-state index in [1.807, 2.05) is 0 Å². The third-order valence-corrected chi connectivity index (χ3v) is 3.02. The number of benzene rings is 1. The quantitative estimate of drug-likeness (QED) is 0.318. The summed E-state index contributed by atoms with van der Waals surface area (Å²) in [6, 6.07) is 7.07. The number of aromatic amines is 1. The van der Waals surface area contributed by atoms with Crippen LogP contribution in [0.4, 0.5) is 0 Å². The topological polar surface area (TPSA) is 147 Å². The second-order valence-electron chi connectivity index (χ2n) is 4.63. The molecule has 0 saturated heterocycles. The fourth-order valence-electron chi connectivity index (χ4n) is 1.97. The summed E-state index contributed by atoms with van der Waals surface area (Å²) in [5.41, 5.74) is 8.31. The Morgan fingerprint density at radius 2 is 1.91 bits per heavy atom. The number of para-hydroxylation sites is 1. The number of rotatable bonds is 9. The molecule has 1 aromatic carbocycles. The molecule has 9 heteroatoms. The van der Waals surface area contributed by atoms with Crippen molar-refractivity contribution >= 4 is 22.8 Å². The van der Waals surface area contributed by atoms with Gasteiger partial charge in [-0.05, 0) is 12.1 Å². The number of aromatic nitrogens is 1. The van der Waals surface area contributed by atoms with Gasteiger partial charge >= 0.3 is 11.9 Å². The molecule has 2 atom stereocenters. The van der Waals surface area contributed by atoms with Gasteiger partial charge in [-0.3, -0.25) is 4.84 Å². The van der Waals surface area contributed by atoms with Crippen molar-refractivity contribution in [1.29, 1.82) is 0 Å². The summed E-state index contributed by atoms with van der Waals surface area (Å²) >= 11 is 0. The molecule has 0 aliphatic heterocycles. The summed E-state index contributed by atoms with van der Waals surface area (Å²) in [5, 5.41) is 19.1.